The quantitative estimate of drug-likeness (QED) is 0.730. The van der Waals surface area contributed by atoms with Gasteiger partial charge >= 0.3 is 0 Å². The number of nitrogens with two attached hydrogens (primary N) is 1. The summed E-state index contributed by atoms with van der Waals surface area (Å²) in [4.78, 5) is 12.0. The molecule has 0 aliphatic heterocycles. The van der Waals surface area contributed by atoms with E-state index in [0.717, 1.165) is 12.8 Å². The highest BCUT2D eigenvalue weighted by molar-refractivity contribution is 5.97. The van der Waals surface area contributed by atoms with Gasteiger partial charge in [0.25, 0.3) is 5.91 Å². The van der Waals surface area contributed by atoms with Crippen molar-refractivity contribution in [3.05, 3.63) is 11.4 Å². The highest BCUT2D eigenvalue weighted by Crippen LogP contribution is 2.16. The maximum absolute atomic E-state index is 12.0. The predicted molar refractivity (Wildman–Crippen MR) is 73.5 cm³/mol. The molecule has 0 atom stereocenters. The highest BCUT2D eigenvalue weighted by Gasteiger charge is 2.18. The van der Waals surface area contributed by atoms with Crippen molar-refractivity contribution in [3.8, 4) is 0 Å². The first-order valence-corrected chi connectivity index (χ1v) is 6.72. The molecule has 0 saturated heterocycles. The van der Waals surface area contributed by atoms with Gasteiger partial charge in [-0.2, -0.15) is 5.10 Å². The van der Waals surface area contributed by atoms with E-state index in [9.17, 15) is 4.79 Å². The summed E-state index contributed by atoms with van der Waals surface area (Å²) in [5, 5.41) is 7.15. The van der Waals surface area contributed by atoms with Crippen molar-refractivity contribution in [1.29, 1.82) is 0 Å². The lowest BCUT2D eigenvalue weighted by molar-refractivity contribution is 0.0943. The Hall–Kier alpha value is -1.52. The minimum Gasteiger partial charge on any atom is -0.395 e. The summed E-state index contributed by atoms with van der Waals surface area (Å²) in [6.07, 6.45) is 4.57. The molecule has 1 aromatic rings. The van der Waals surface area contributed by atoms with Gasteiger partial charge in [-0.15, -0.1) is 0 Å². The number of nitrogens with zero attached hydrogens (tertiary/aromatic N) is 2. The summed E-state index contributed by atoms with van der Waals surface area (Å²) in [6.45, 7) is 7.29. The van der Waals surface area contributed by atoms with Crippen molar-refractivity contribution in [2.24, 2.45) is 0 Å². The number of rotatable bonds is 7. The fourth-order valence-electron chi connectivity index (χ4n) is 1.90. The Bertz CT molecular complexity index is 398. The van der Waals surface area contributed by atoms with Crippen LogP contribution in [0.4, 0.5) is 5.69 Å². The Labute approximate surface area is 109 Å². The van der Waals surface area contributed by atoms with E-state index >= 15 is 0 Å². The second-order valence-corrected chi connectivity index (χ2v) is 4.48. The SMILES string of the molecule is CCCCCCNC(=O)c1c(N)c(C)nn1CC. The average Bonchev–Trinajstić information content (AvgIpc) is 2.65. The van der Waals surface area contributed by atoms with Gasteiger partial charge < -0.3 is 11.1 Å². The van der Waals surface area contributed by atoms with Crippen molar-refractivity contribution < 1.29 is 4.79 Å². The number of unbranched alkanes of at least 4 members (excludes halogenated alkanes) is 3. The summed E-state index contributed by atoms with van der Waals surface area (Å²) >= 11 is 0. The average molecular weight is 252 g/mol. The molecule has 0 aliphatic rings. The lowest BCUT2D eigenvalue weighted by Crippen LogP contribution is -2.27. The number of aryl methyl sites for hydroxylation is 2. The molecule has 1 heterocycles. The third-order valence-electron chi connectivity index (χ3n) is 3.00. The molecular weight excluding hydrogens is 228 g/mol. The van der Waals surface area contributed by atoms with Crippen LogP contribution in [0.2, 0.25) is 0 Å². The number of nitrogen functional groups attached to an aromatic ring is 1. The molecule has 1 amide bonds. The summed E-state index contributed by atoms with van der Waals surface area (Å²) in [6, 6.07) is 0. The smallest absolute Gasteiger partial charge is 0.271 e. The number of anilines is 1. The molecule has 0 aliphatic carbocycles. The first-order chi connectivity index (χ1) is 8.61. The van der Waals surface area contributed by atoms with Crippen LogP contribution in [0.3, 0.4) is 0 Å². The molecule has 0 aromatic carbocycles. The Balaban J connectivity index is 2.56. The molecule has 5 heteroatoms. The van der Waals surface area contributed by atoms with Gasteiger partial charge in [0.15, 0.2) is 0 Å². The Morgan fingerprint density at radius 2 is 2.06 bits per heavy atom. The van der Waals surface area contributed by atoms with Crippen LogP contribution in [-0.2, 0) is 6.54 Å². The van der Waals surface area contributed by atoms with Gasteiger partial charge in [0.1, 0.15) is 5.69 Å². The van der Waals surface area contributed by atoms with Gasteiger partial charge in [0.2, 0.25) is 0 Å². The molecule has 5 nitrogen and oxygen atoms in total. The van der Waals surface area contributed by atoms with E-state index in [1.165, 1.54) is 12.8 Å². The number of hydrogen-bond donors (Lipinski definition) is 2. The molecule has 1 aromatic heterocycles. The lowest BCUT2D eigenvalue weighted by atomic mass is 10.2. The molecule has 0 unspecified atom stereocenters. The third kappa shape index (κ3) is 3.48. The molecule has 18 heavy (non-hydrogen) atoms. The minimum atomic E-state index is -0.119. The summed E-state index contributed by atoms with van der Waals surface area (Å²) in [7, 11) is 0. The lowest BCUT2D eigenvalue weighted by Gasteiger charge is -2.07. The van der Waals surface area contributed by atoms with Crippen LogP contribution in [0.1, 0.15) is 55.7 Å². The van der Waals surface area contributed by atoms with Gasteiger partial charge in [-0.3, -0.25) is 9.48 Å². The molecule has 0 radical (unpaired) electrons. The zero-order valence-electron chi connectivity index (χ0n) is 11.6. The largest absolute Gasteiger partial charge is 0.395 e. The molecule has 3 N–H and O–H groups in total. The van der Waals surface area contributed by atoms with Crippen LogP contribution in [0.25, 0.3) is 0 Å². The molecular formula is C13H24N4O. The number of aromatic nitrogens is 2. The molecule has 0 fully saturated rings. The number of carbonyl (C=O) groups excluding carboxylic acids is 1. The Kier molecular flexibility index (Phi) is 5.68. The highest BCUT2D eigenvalue weighted by atomic mass is 16.2. The summed E-state index contributed by atoms with van der Waals surface area (Å²) < 4.78 is 1.66. The van der Waals surface area contributed by atoms with Crippen molar-refractivity contribution in [1.82, 2.24) is 15.1 Å². The first kappa shape index (κ1) is 14.5. The fraction of sp³-hybridized carbons (Fsp3) is 0.692. The van der Waals surface area contributed by atoms with E-state index in [0.29, 0.717) is 30.2 Å². The number of nitrogens with one attached hydrogen (secondary N) is 1. The zero-order valence-corrected chi connectivity index (χ0v) is 11.6. The maximum Gasteiger partial charge on any atom is 0.271 e. The zero-order chi connectivity index (χ0) is 13.5. The van der Waals surface area contributed by atoms with Gasteiger partial charge in [0, 0.05) is 13.1 Å². The van der Waals surface area contributed by atoms with E-state index in [-0.39, 0.29) is 5.91 Å². The van der Waals surface area contributed by atoms with Crippen LogP contribution in [0, 0.1) is 6.92 Å². The molecule has 102 valence electrons. The fourth-order valence-corrected chi connectivity index (χ4v) is 1.90. The minimum absolute atomic E-state index is 0.119. The van der Waals surface area contributed by atoms with Gasteiger partial charge in [-0.1, -0.05) is 26.2 Å². The number of carbonyl (C=O) groups is 1. The Morgan fingerprint density at radius 1 is 1.33 bits per heavy atom. The summed E-state index contributed by atoms with van der Waals surface area (Å²) in [5.74, 6) is -0.119. The van der Waals surface area contributed by atoms with Crippen molar-refractivity contribution in [3.63, 3.8) is 0 Å². The normalized spacial score (nSPS) is 10.6. The van der Waals surface area contributed by atoms with Crippen molar-refractivity contribution >= 4 is 11.6 Å². The van der Waals surface area contributed by atoms with E-state index < -0.39 is 0 Å². The monoisotopic (exact) mass is 252 g/mol. The van der Waals surface area contributed by atoms with Crippen LogP contribution in [0.5, 0.6) is 0 Å². The second kappa shape index (κ2) is 7.03. The Morgan fingerprint density at radius 3 is 2.67 bits per heavy atom. The predicted octanol–water partition coefficient (Wildman–Crippen LogP) is 2.10. The number of hydrogen-bond acceptors (Lipinski definition) is 3. The number of amides is 1. The van der Waals surface area contributed by atoms with Crippen molar-refractivity contribution in [2.75, 3.05) is 12.3 Å². The maximum atomic E-state index is 12.0. The van der Waals surface area contributed by atoms with E-state index in [1.54, 1.807) is 4.68 Å². The van der Waals surface area contributed by atoms with Crippen molar-refractivity contribution in [2.45, 2.75) is 53.0 Å². The molecule has 0 bridgehead atoms. The standard InChI is InChI=1S/C13H24N4O/c1-4-6-7-8-9-15-13(18)12-11(14)10(3)16-17(12)5-2/h4-9,14H2,1-3H3,(H,15,18). The first-order valence-electron chi connectivity index (χ1n) is 6.72. The van der Waals surface area contributed by atoms with Gasteiger partial charge in [-0.25, -0.2) is 0 Å². The van der Waals surface area contributed by atoms with Gasteiger partial charge in [0.05, 0.1) is 11.4 Å². The van der Waals surface area contributed by atoms with Crippen LogP contribution in [-0.4, -0.2) is 22.2 Å². The van der Waals surface area contributed by atoms with E-state index in [2.05, 4.69) is 17.3 Å². The van der Waals surface area contributed by atoms with E-state index in [1.807, 2.05) is 13.8 Å². The van der Waals surface area contributed by atoms with E-state index in [4.69, 9.17) is 5.73 Å². The molecule has 1 rings (SSSR count). The summed E-state index contributed by atoms with van der Waals surface area (Å²) in [5.41, 5.74) is 7.58. The molecule has 0 saturated carbocycles. The third-order valence-corrected chi connectivity index (χ3v) is 3.00. The van der Waals surface area contributed by atoms with Crippen LogP contribution < -0.4 is 11.1 Å². The second-order valence-electron chi connectivity index (χ2n) is 4.48. The van der Waals surface area contributed by atoms with Crippen LogP contribution >= 0.6 is 0 Å². The van der Waals surface area contributed by atoms with Crippen LogP contribution in [0.15, 0.2) is 0 Å². The van der Waals surface area contributed by atoms with Gasteiger partial charge in [-0.05, 0) is 20.3 Å². The molecule has 0 spiro atoms. The topological polar surface area (TPSA) is 72.9 Å².